The van der Waals surface area contributed by atoms with Gasteiger partial charge in [0.25, 0.3) is 0 Å². The van der Waals surface area contributed by atoms with Gasteiger partial charge in [-0.3, -0.25) is 4.79 Å². The van der Waals surface area contributed by atoms with Gasteiger partial charge in [-0.15, -0.1) is 0 Å². The molecular weight excluding hydrogens is 394 g/mol. The maximum atomic E-state index is 11.4. The van der Waals surface area contributed by atoms with Crippen LogP contribution in [0.25, 0.3) is 0 Å². The van der Waals surface area contributed by atoms with E-state index >= 15 is 0 Å². The van der Waals surface area contributed by atoms with Crippen LogP contribution in [0.4, 0.5) is 0 Å². The summed E-state index contributed by atoms with van der Waals surface area (Å²) in [5.74, 6) is -0.429. The predicted octanol–water partition coefficient (Wildman–Crippen LogP) is 1.50. The molecule has 0 aliphatic heterocycles. The molecule has 154 valence electrons. The van der Waals surface area contributed by atoms with Gasteiger partial charge in [-0.05, 0) is 39.8 Å². The molecule has 0 spiro atoms. The van der Waals surface area contributed by atoms with Gasteiger partial charge in [-0.1, -0.05) is 23.8 Å². The Kier molecular flexibility index (Phi) is 10.5. The van der Waals surface area contributed by atoms with Crippen LogP contribution in [-0.4, -0.2) is 45.3 Å². The Labute approximate surface area is 161 Å². The Hall–Kier alpha value is -1.75. The van der Waals surface area contributed by atoms with Crippen LogP contribution in [0.2, 0.25) is 0 Å². The molecule has 2 N–H and O–H groups in total. The summed E-state index contributed by atoms with van der Waals surface area (Å²) in [6.07, 6.45) is 1.30. The Bertz CT molecular complexity index is 827. The second-order valence-corrected chi connectivity index (χ2v) is 9.68. The van der Waals surface area contributed by atoms with Crippen LogP contribution in [0.15, 0.2) is 40.6 Å². The molecule has 1 rings (SSSR count). The SMILES string of the molecule is CCOC(=O)C[C@H](N)/C=C/S(=O)(=O)C(C)C.Cc1ccc(S(=O)(=O)[O-])cc1. The molecule has 0 saturated heterocycles. The molecule has 0 fully saturated rings. The predicted molar refractivity (Wildman–Crippen MR) is 102 cm³/mol. The third-order valence-electron chi connectivity index (χ3n) is 3.19. The van der Waals surface area contributed by atoms with Crippen molar-refractivity contribution in [2.24, 2.45) is 5.73 Å². The average Bonchev–Trinajstić information content (AvgIpc) is 2.53. The molecule has 1 aromatic carbocycles. The molecule has 8 nitrogen and oxygen atoms in total. The number of benzene rings is 1. The van der Waals surface area contributed by atoms with Crippen LogP contribution in [0.5, 0.6) is 0 Å². The molecule has 1 atom stereocenters. The first-order valence-electron chi connectivity index (χ1n) is 8.15. The molecule has 0 aliphatic carbocycles. The number of sulfone groups is 1. The van der Waals surface area contributed by atoms with Gasteiger partial charge in [0, 0.05) is 11.4 Å². The van der Waals surface area contributed by atoms with E-state index in [0.717, 1.165) is 11.0 Å². The van der Waals surface area contributed by atoms with Crippen molar-refractivity contribution in [2.45, 2.75) is 50.3 Å². The molecule has 0 saturated carbocycles. The second kappa shape index (κ2) is 11.2. The van der Waals surface area contributed by atoms with E-state index in [9.17, 15) is 26.2 Å². The molecule has 1 aromatic rings. The van der Waals surface area contributed by atoms with Crippen LogP contribution in [0, 0.1) is 6.92 Å². The molecule has 0 amide bonds. The fourth-order valence-corrected chi connectivity index (χ4v) is 2.76. The summed E-state index contributed by atoms with van der Waals surface area (Å²) in [6.45, 7) is 6.97. The zero-order valence-electron chi connectivity index (χ0n) is 15.8. The van der Waals surface area contributed by atoms with Crippen molar-refractivity contribution in [1.29, 1.82) is 0 Å². The number of carbonyl (C=O) groups is 1. The minimum Gasteiger partial charge on any atom is -0.744 e. The van der Waals surface area contributed by atoms with E-state index in [4.69, 9.17) is 5.73 Å². The van der Waals surface area contributed by atoms with Crippen molar-refractivity contribution in [3.8, 4) is 0 Å². The van der Waals surface area contributed by atoms with Crippen molar-refractivity contribution in [2.75, 3.05) is 6.61 Å². The summed E-state index contributed by atoms with van der Waals surface area (Å²) in [7, 11) is -7.52. The molecule has 0 unspecified atom stereocenters. The Morgan fingerprint density at radius 3 is 2.11 bits per heavy atom. The van der Waals surface area contributed by atoms with Crippen LogP contribution < -0.4 is 5.73 Å². The number of hydrogen-bond acceptors (Lipinski definition) is 8. The van der Waals surface area contributed by atoms with Crippen molar-refractivity contribution >= 4 is 25.9 Å². The highest BCUT2D eigenvalue weighted by molar-refractivity contribution is 7.94. The number of rotatable bonds is 7. The first-order chi connectivity index (χ1) is 12.3. The van der Waals surface area contributed by atoms with Gasteiger partial charge in [0.15, 0.2) is 9.84 Å². The van der Waals surface area contributed by atoms with Crippen molar-refractivity contribution in [3.63, 3.8) is 0 Å². The molecule has 0 aliphatic rings. The van der Waals surface area contributed by atoms with E-state index in [-0.39, 0.29) is 11.3 Å². The van der Waals surface area contributed by atoms with Crippen molar-refractivity contribution < 1.29 is 30.9 Å². The monoisotopic (exact) mass is 420 g/mol. The highest BCUT2D eigenvalue weighted by Gasteiger charge is 2.13. The molecule has 27 heavy (non-hydrogen) atoms. The lowest BCUT2D eigenvalue weighted by atomic mass is 10.2. The lowest BCUT2D eigenvalue weighted by molar-refractivity contribution is -0.143. The Morgan fingerprint density at radius 2 is 1.70 bits per heavy atom. The summed E-state index contributed by atoms with van der Waals surface area (Å²) in [5.41, 5.74) is 6.49. The fraction of sp³-hybridized carbons (Fsp3) is 0.471. The Balaban J connectivity index is 0.000000533. The van der Waals surface area contributed by atoms with E-state index in [2.05, 4.69) is 4.74 Å². The molecule has 0 radical (unpaired) electrons. The zero-order chi connectivity index (χ0) is 21.3. The van der Waals surface area contributed by atoms with Gasteiger partial charge in [0.1, 0.15) is 10.1 Å². The van der Waals surface area contributed by atoms with Gasteiger partial charge >= 0.3 is 5.97 Å². The van der Waals surface area contributed by atoms with Crippen LogP contribution >= 0.6 is 0 Å². The molecule has 0 heterocycles. The quantitative estimate of drug-likeness (QED) is 0.516. The lowest BCUT2D eigenvalue weighted by Gasteiger charge is -2.06. The minimum absolute atomic E-state index is 0.0159. The largest absolute Gasteiger partial charge is 0.744 e. The van der Waals surface area contributed by atoms with Crippen LogP contribution in [-0.2, 0) is 29.5 Å². The van der Waals surface area contributed by atoms with E-state index < -0.39 is 37.2 Å². The second-order valence-electron chi connectivity index (χ2n) is 5.91. The molecule has 10 heteroatoms. The van der Waals surface area contributed by atoms with E-state index in [1.54, 1.807) is 32.9 Å². The van der Waals surface area contributed by atoms with Crippen LogP contribution in [0.1, 0.15) is 32.8 Å². The summed E-state index contributed by atoms with van der Waals surface area (Å²) < 4.78 is 58.6. The first-order valence-corrected chi connectivity index (χ1v) is 11.2. The standard InChI is InChI=1S/C10H19NO4S.C7H8O3S/c1-4-15-10(12)7-9(11)5-6-16(13,14)8(2)3;1-6-2-4-7(5-3-6)11(8,9)10/h5-6,8-9H,4,7,11H2,1-3H3;2-5H,1H3,(H,8,9,10)/p-1/b6-5+;/t9-;/m1./s1. The number of carbonyl (C=O) groups excluding carboxylic acids is 1. The van der Waals surface area contributed by atoms with E-state index in [1.807, 2.05) is 6.92 Å². The van der Waals surface area contributed by atoms with E-state index in [1.165, 1.54) is 18.2 Å². The smallest absolute Gasteiger partial charge is 0.307 e. The third-order valence-corrected chi connectivity index (χ3v) is 5.89. The zero-order valence-corrected chi connectivity index (χ0v) is 17.4. The number of hydrogen-bond donors (Lipinski definition) is 1. The van der Waals surface area contributed by atoms with Gasteiger partial charge in [0.05, 0.1) is 23.2 Å². The fourth-order valence-electron chi connectivity index (χ4n) is 1.55. The summed E-state index contributed by atoms with van der Waals surface area (Å²) in [6, 6.07) is 5.15. The highest BCUT2D eigenvalue weighted by atomic mass is 32.2. The topological polar surface area (TPSA) is 144 Å². The van der Waals surface area contributed by atoms with Gasteiger partial charge in [-0.2, -0.15) is 0 Å². The first kappa shape index (κ1) is 25.2. The van der Waals surface area contributed by atoms with Crippen molar-refractivity contribution in [1.82, 2.24) is 0 Å². The van der Waals surface area contributed by atoms with Crippen LogP contribution in [0.3, 0.4) is 0 Å². The lowest BCUT2D eigenvalue weighted by Crippen LogP contribution is -2.23. The number of nitrogens with two attached hydrogens (primary N) is 1. The number of aryl methyl sites for hydroxylation is 1. The maximum absolute atomic E-state index is 11.4. The highest BCUT2D eigenvalue weighted by Crippen LogP contribution is 2.08. The molecular formula is C17H26NO7S2-. The normalized spacial score (nSPS) is 13.1. The number of esters is 1. The number of ether oxygens (including phenoxy) is 1. The van der Waals surface area contributed by atoms with Gasteiger partial charge < -0.3 is 15.0 Å². The molecule has 0 bridgehead atoms. The maximum Gasteiger partial charge on any atom is 0.307 e. The Morgan fingerprint density at radius 1 is 1.19 bits per heavy atom. The summed E-state index contributed by atoms with van der Waals surface area (Å²) in [4.78, 5) is 10.8. The van der Waals surface area contributed by atoms with Gasteiger partial charge in [0.2, 0.25) is 0 Å². The summed E-state index contributed by atoms with van der Waals surface area (Å²) in [5, 5.41) is 0.570. The minimum atomic E-state index is -4.27. The van der Waals surface area contributed by atoms with Gasteiger partial charge in [-0.25, -0.2) is 16.8 Å². The average molecular weight is 421 g/mol. The molecule has 0 aromatic heterocycles. The van der Waals surface area contributed by atoms with Crippen molar-refractivity contribution in [3.05, 3.63) is 41.3 Å². The van der Waals surface area contributed by atoms with E-state index in [0.29, 0.717) is 6.61 Å². The summed E-state index contributed by atoms with van der Waals surface area (Å²) >= 11 is 0. The third kappa shape index (κ3) is 10.9.